The monoisotopic (exact) mass is 265 g/mol. The van der Waals surface area contributed by atoms with Gasteiger partial charge in [-0.05, 0) is 29.2 Å². The molecule has 96 valence electrons. The van der Waals surface area contributed by atoms with Gasteiger partial charge in [-0.2, -0.15) is 0 Å². The van der Waals surface area contributed by atoms with Gasteiger partial charge >= 0.3 is 0 Å². The van der Waals surface area contributed by atoms with E-state index < -0.39 is 0 Å². The predicted octanol–water partition coefficient (Wildman–Crippen LogP) is 4.13. The van der Waals surface area contributed by atoms with E-state index in [2.05, 4.69) is 12.1 Å². The van der Waals surface area contributed by atoms with E-state index in [1.54, 1.807) is 0 Å². The average molecular weight is 266 g/mol. The number of rotatable bonds is 4. The Bertz CT molecular complexity index is 473. The molecular formula is C15H17ClFN. The lowest BCUT2D eigenvalue weighted by molar-refractivity contribution is 0.442. The number of hydrogen-bond acceptors (Lipinski definition) is 1. The number of nitrogens with two attached hydrogens (primary N) is 1. The van der Waals surface area contributed by atoms with Crippen LogP contribution >= 0.6 is 12.4 Å². The Morgan fingerprint density at radius 2 is 1.61 bits per heavy atom. The summed E-state index contributed by atoms with van der Waals surface area (Å²) in [5.74, 6) is 0. The van der Waals surface area contributed by atoms with Crippen molar-refractivity contribution in [2.45, 2.75) is 12.5 Å². The van der Waals surface area contributed by atoms with Gasteiger partial charge in [-0.3, -0.25) is 4.39 Å². The Kier molecular flexibility index (Phi) is 5.83. The van der Waals surface area contributed by atoms with E-state index in [4.69, 9.17) is 5.73 Å². The molecule has 2 aromatic rings. The third kappa shape index (κ3) is 3.56. The molecule has 3 heteroatoms. The van der Waals surface area contributed by atoms with Crippen LogP contribution in [0.3, 0.4) is 0 Å². The topological polar surface area (TPSA) is 26.0 Å². The largest absolute Gasteiger partial charge is 0.324 e. The van der Waals surface area contributed by atoms with E-state index in [1.165, 1.54) is 0 Å². The molecule has 0 bridgehead atoms. The maximum absolute atomic E-state index is 12.3. The smallest absolute Gasteiger partial charge is 0.0912 e. The van der Waals surface area contributed by atoms with Gasteiger partial charge in [0, 0.05) is 6.04 Å². The van der Waals surface area contributed by atoms with Crippen molar-refractivity contribution in [3.63, 3.8) is 0 Å². The highest BCUT2D eigenvalue weighted by molar-refractivity contribution is 5.85. The van der Waals surface area contributed by atoms with Gasteiger partial charge in [0.2, 0.25) is 0 Å². The summed E-state index contributed by atoms with van der Waals surface area (Å²) < 4.78 is 12.3. The van der Waals surface area contributed by atoms with Gasteiger partial charge in [-0.25, -0.2) is 0 Å². The van der Waals surface area contributed by atoms with E-state index in [-0.39, 0.29) is 25.1 Å². The van der Waals surface area contributed by atoms with Crippen molar-refractivity contribution < 1.29 is 4.39 Å². The molecule has 0 unspecified atom stereocenters. The lowest BCUT2D eigenvalue weighted by Gasteiger charge is -2.11. The van der Waals surface area contributed by atoms with Crippen LogP contribution in [-0.2, 0) is 0 Å². The van der Waals surface area contributed by atoms with Gasteiger partial charge in [0.15, 0.2) is 0 Å². The lowest BCUT2D eigenvalue weighted by atomic mass is 9.99. The fourth-order valence-corrected chi connectivity index (χ4v) is 1.86. The van der Waals surface area contributed by atoms with Crippen LogP contribution in [0.5, 0.6) is 0 Å². The fourth-order valence-electron chi connectivity index (χ4n) is 1.86. The molecule has 0 heterocycles. The third-order valence-corrected chi connectivity index (χ3v) is 2.84. The SMILES string of the molecule is Cl.N[C@@H](CCF)c1cccc(-c2ccccc2)c1. The molecule has 0 radical (unpaired) electrons. The number of alkyl halides is 1. The first-order valence-electron chi connectivity index (χ1n) is 5.78. The quantitative estimate of drug-likeness (QED) is 0.884. The molecule has 18 heavy (non-hydrogen) atoms. The van der Waals surface area contributed by atoms with Crippen molar-refractivity contribution in [2.75, 3.05) is 6.67 Å². The minimum Gasteiger partial charge on any atom is -0.324 e. The van der Waals surface area contributed by atoms with Crippen LogP contribution in [0, 0.1) is 0 Å². The maximum atomic E-state index is 12.3. The van der Waals surface area contributed by atoms with Crippen molar-refractivity contribution >= 4 is 12.4 Å². The van der Waals surface area contributed by atoms with Crippen LogP contribution in [0.4, 0.5) is 4.39 Å². The molecule has 1 atom stereocenters. The predicted molar refractivity (Wildman–Crippen MR) is 76.6 cm³/mol. The maximum Gasteiger partial charge on any atom is 0.0912 e. The van der Waals surface area contributed by atoms with Crippen LogP contribution in [0.15, 0.2) is 54.6 Å². The average Bonchev–Trinajstić information content (AvgIpc) is 2.40. The highest BCUT2D eigenvalue weighted by Crippen LogP contribution is 2.23. The highest BCUT2D eigenvalue weighted by Gasteiger charge is 2.06. The van der Waals surface area contributed by atoms with Crippen molar-refractivity contribution in [1.82, 2.24) is 0 Å². The van der Waals surface area contributed by atoms with Crippen LogP contribution in [-0.4, -0.2) is 6.67 Å². The van der Waals surface area contributed by atoms with Crippen LogP contribution < -0.4 is 5.73 Å². The van der Waals surface area contributed by atoms with Crippen molar-refractivity contribution in [3.05, 3.63) is 60.2 Å². The van der Waals surface area contributed by atoms with E-state index in [9.17, 15) is 4.39 Å². The molecule has 0 aliphatic rings. The second kappa shape index (κ2) is 7.14. The van der Waals surface area contributed by atoms with E-state index in [1.807, 2.05) is 42.5 Å². The second-order valence-electron chi connectivity index (χ2n) is 4.08. The summed E-state index contributed by atoms with van der Waals surface area (Å²) in [5.41, 5.74) is 9.18. The lowest BCUT2D eigenvalue weighted by Crippen LogP contribution is -2.10. The molecule has 0 aliphatic heterocycles. The third-order valence-electron chi connectivity index (χ3n) is 2.84. The summed E-state index contributed by atoms with van der Waals surface area (Å²) in [6, 6.07) is 17.9. The summed E-state index contributed by atoms with van der Waals surface area (Å²) in [6.07, 6.45) is 0.373. The van der Waals surface area contributed by atoms with Gasteiger partial charge in [0.05, 0.1) is 6.67 Å². The number of hydrogen-bond donors (Lipinski definition) is 1. The van der Waals surface area contributed by atoms with Gasteiger partial charge < -0.3 is 5.73 Å². The Balaban J connectivity index is 0.00000162. The van der Waals surface area contributed by atoms with Crippen molar-refractivity contribution in [1.29, 1.82) is 0 Å². The molecule has 2 rings (SSSR count). The van der Waals surface area contributed by atoms with E-state index in [0.717, 1.165) is 16.7 Å². The molecule has 2 N–H and O–H groups in total. The first kappa shape index (κ1) is 14.7. The van der Waals surface area contributed by atoms with Crippen molar-refractivity contribution in [2.24, 2.45) is 5.73 Å². The zero-order valence-corrected chi connectivity index (χ0v) is 10.9. The molecule has 2 aromatic carbocycles. The Morgan fingerprint density at radius 3 is 2.28 bits per heavy atom. The number of benzene rings is 2. The van der Waals surface area contributed by atoms with Gasteiger partial charge in [0.25, 0.3) is 0 Å². The minimum absolute atomic E-state index is 0. The zero-order valence-electron chi connectivity index (χ0n) is 10.1. The Hall–Kier alpha value is -1.38. The summed E-state index contributed by atoms with van der Waals surface area (Å²) in [6.45, 7) is -0.378. The summed E-state index contributed by atoms with van der Waals surface area (Å²) in [5, 5.41) is 0. The summed E-state index contributed by atoms with van der Waals surface area (Å²) >= 11 is 0. The molecular weight excluding hydrogens is 249 g/mol. The van der Waals surface area contributed by atoms with Gasteiger partial charge in [-0.1, -0.05) is 48.5 Å². The fraction of sp³-hybridized carbons (Fsp3) is 0.200. The molecule has 0 amide bonds. The minimum atomic E-state index is -0.378. The molecule has 0 saturated carbocycles. The second-order valence-corrected chi connectivity index (χ2v) is 4.08. The summed E-state index contributed by atoms with van der Waals surface area (Å²) in [4.78, 5) is 0. The van der Waals surface area contributed by atoms with Crippen molar-refractivity contribution in [3.8, 4) is 11.1 Å². The van der Waals surface area contributed by atoms with Crippen LogP contribution in [0.25, 0.3) is 11.1 Å². The molecule has 0 saturated heterocycles. The Labute approximate surface area is 113 Å². The highest BCUT2D eigenvalue weighted by atomic mass is 35.5. The molecule has 1 nitrogen and oxygen atoms in total. The first-order valence-corrected chi connectivity index (χ1v) is 5.78. The molecule has 0 aromatic heterocycles. The van der Waals surface area contributed by atoms with Crippen LogP contribution in [0.1, 0.15) is 18.0 Å². The van der Waals surface area contributed by atoms with Crippen LogP contribution in [0.2, 0.25) is 0 Å². The molecule has 0 spiro atoms. The van der Waals surface area contributed by atoms with Gasteiger partial charge in [-0.15, -0.1) is 12.4 Å². The van der Waals surface area contributed by atoms with E-state index in [0.29, 0.717) is 6.42 Å². The molecule has 0 fully saturated rings. The summed E-state index contributed by atoms with van der Waals surface area (Å²) in [7, 11) is 0. The number of halogens is 2. The first-order chi connectivity index (χ1) is 8.31. The van der Waals surface area contributed by atoms with E-state index >= 15 is 0 Å². The normalized spacial score (nSPS) is 11.7. The zero-order chi connectivity index (χ0) is 12.1. The van der Waals surface area contributed by atoms with Gasteiger partial charge in [0.1, 0.15) is 0 Å². The Morgan fingerprint density at radius 1 is 0.944 bits per heavy atom. The standard InChI is InChI=1S/C15H16FN.ClH/c16-10-9-15(17)14-8-4-7-13(11-14)12-5-2-1-3-6-12;/h1-8,11,15H,9-10,17H2;1H/t15-;/m0./s1. The molecule has 0 aliphatic carbocycles.